The quantitative estimate of drug-likeness (QED) is 0.887. The van der Waals surface area contributed by atoms with Gasteiger partial charge in [0.1, 0.15) is 5.82 Å². The molecule has 0 unspecified atom stereocenters. The molecule has 2 aromatic carbocycles. The first kappa shape index (κ1) is 15.0. The SMILES string of the molecule is CCNc1c(F)cccc1C(=O)Nc1ccc(C)cc1C. The predicted octanol–water partition coefficient (Wildman–Crippen LogP) is 4.13. The smallest absolute Gasteiger partial charge is 0.257 e. The molecular weight excluding hydrogens is 267 g/mol. The van der Waals surface area contributed by atoms with Crippen molar-refractivity contribution in [2.24, 2.45) is 0 Å². The largest absolute Gasteiger partial charge is 0.382 e. The monoisotopic (exact) mass is 286 g/mol. The summed E-state index contributed by atoms with van der Waals surface area (Å²) in [5.74, 6) is -0.748. The number of rotatable bonds is 4. The number of carbonyl (C=O) groups excluding carboxylic acids is 1. The summed E-state index contributed by atoms with van der Waals surface area (Å²) in [7, 11) is 0. The summed E-state index contributed by atoms with van der Waals surface area (Å²) in [6, 6.07) is 10.3. The Morgan fingerprint density at radius 1 is 1.19 bits per heavy atom. The molecule has 110 valence electrons. The third-order valence-electron chi connectivity index (χ3n) is 3.24. The molecular formula is C17H19FN2O. The Bertz CT molecular complexity index is 668. The van der Waals surface area contributed by atoms with Crippen molar-refractivity contribution in [3.63, 3.8) is 0 Å². The molecule has 4 heteroatoms. The summed E-state index contributed by atoms with van der Waals surface area (Å²) in [5.41, 5.74) is 3.38. The summed E-state index contributed by atoms with van der Waals surface area (Å²) in [4.78, 5) is 12.4. The second kappa shape index (κ2) is 6.39. The maximum Gasteiger partial charge on any atom is 0.257 e. The molecule has 0 radical (unpaired) electrons. The van der Waals surface area contributed by atoms with Gasteiger partial charge in [0.2, 0.25) is 0 Å². The van der Waals surface area contributed by atoms with Gasteiger partial charge in [0.05, 0.1) is 11.3 Å². The third kappa shape index (κ3) is 3.40. The highest BCUT2D eigenvalue weighted by atomic mass is 19.1. The summed E-state index contributed by atoms with van der Waals surface area (Å²) >= 11 is 0. The Hall–Kier alpha value is -2.36. The topological polar surface area (TPSA) is 41.1 Å². The van der Waals surface area contributed by atoms with E-state index in [1.165, 1.54) is 12.1 Å². The van der Waals surface area contributed by atoms with Crippen molar-refractivity contribution in [3.8, 4) is 0 Å². The molecule has 0 spiro atoms. The van der Waals surface area contributed by atoms with Crippen LogP contribution in [-0.2, 0) is 0 Å². The van der Waals surface area contributed by atoms with Gasteiger partial charge in [0, 0.05) is 12.2 Å². The highest BCUT2D eigenvalue weighted by Gasteiger charge is 2.15. The van der Waals surface area contributed by atoms with Gasteiger partial charge in [-0.3, -0.25) is 4.79 Å². The van der Waals surface area contributed by atoms with E-state index in [0.29, 0.717) is 12.1 Å². The lowest BCUT2D eigenvalue weighted by atomic mass is 10.1. The molecule has 0 aromatic heterocycles. The van der Waals surface area contributed by atoms with E-state index in [-0.39, 0.29) is 11.6 Å². The molecule has 0 aliphatic carbocycles. The molecule has 21 heavy (non-hydrogen) atoms. The number of benzene rings is 2. The predicted molar refractivity (Wildman–Crippen MR) is 84.4 cm³/mol. The van der Waals surface area contributed by atoms with Crippen LogP contribution in [0.15, 0.2) is 36.4 Å². The zero-order chi connectivity index (χ0) is 15.4. The molecule has 3 nitrogen and oxygen atoms in total. The van der Waals surface area contributed by atoms with Crippen LogP contribution in [0.4, 0.5) is 15.8 Å². The number of nitrogens with one attached hydrogen (secondary N) is 2. The van der Waals surface area contributed by atoms with Gasteiger partial charge < -0.3 is 10.6 Å². The van der Waals surface area contributed by atoms with E-state index in [0.717, 1.165) is 16.8 Å². The fourth-order valence-electron chi connectivity index (χ4n) is 2.21. The molecule has 0 saturated carbocycles. The van der Waals surface area contributed by atoms with Gasteiger partial charge >= 0.3 is 0 Å². The molecule has 0 bridgehead atoms. The lowest BCUT2D eigenvalue weighted by molar-refractivity contribution is 0.102. The van der Waals surface area contributed by atoms with Gasteiger partial charge in [0.15, 0.2) is 0 Å². The van der Waals surface area contributed by atoms with Gasteiger partial charge in [-0.2, -0.15) is 0 Å². The Labute approximate surface area is 124 Å². The number of hydrogen-bond acceptors (Lipinski definition) is 2. The summed E-state index contributed by atoms with van der Waals surface area (Å²) in [5, 5.41) is 5.73. The highest BCUT2D eigenvalue weighted by Crippen LogP contribution is 2.22. The van der Waals surface area contributed by atoms with Gasteiger partial charge in [0.25, 0.3) is 5.91 Å². The molecule has 2 N–H and O–H groups in total. The lowest BCUT2D eigenvalue weighted by Crippen LogP contribution is -2.16. The molecule has 0 atom stereocenters. The molecule has 0 fully saturated rings. The number of para-hydroxylation sites is 1. The molecule has 2 aromatic rings. The van der Waals surface area contributed by atoms with E-state index in [4.69, 9.17) is 0 Å². The summed E-state index contributed by atoms with van der Waals surface area (Å²) < 4.78 is 13.8. The van der Waals surface area contributed by atoms with E-state index in [1.54, 1.807) is 6.07 Å². The number of anilines is 2. The van der Waals surface area contributed by atoms with Crippen LogP contribution < -0.4 is 10.6 Å². The van der Waals surface area contributed by atoms with Crippen molar-refractivity contribution in [2.75, 3.05) is 17.2 Å². The van der Waals surface area contributed by atoms with Crippen molar-refractivity contribution < 1.29 is 9.18 Å². The van der Waals surface area contributed by atoms with Crippen LogP contribution in [0.5, 0.6) is 0 Å². The van der Waals surface area contributed by atoms with E-state index in [1.807, 2.05) is 39.0 Å². The number of hydrogen-bond donors (Lipinski definition) is 2. The first-order valence-electron chi connectivity index (χ1n) is 6.94. The molecule has 0 aliphatic heterocycles. The van der Waals surface area contributed by atoms with Gasteiger partial charge in [-0.25, -0.2) is 4.39 Å². The normalized spacial score (nSPS) is 10.3. The molecule has 0 aliphatic rings. The van der Waals surface area contributed by atoms with Crippen LogP contribution >= 0.6 is 0 Å². The highest BCUT2D eigenvalue weighted by molar-refractivity contribution is 6.08. The minimum atomic E-state index is -0.426. The molecule has 2 rings (SSSR count). The van der Waals surface area contributed by atoms with Crippen molar-refractivity contribution in [2.45, 2.75) is 20.8 Å². The second-order valence-corrected chi connectivity index (χ2v) is 4.97. The van der Waals surface area contributed by atoms with Crippen molar-refractivity contribution in [1.82, 2.24) is 0 Å². The lowest BCUT2D eigenvalue weighted by Gasteiger charge is -2.13. The van der Waals surface area contributed by atoms with Crippen LogP contribution in [-0.4, -0.2) is 12.5 Å². The van der Waals surface area contributed by atoms with Crippen LogP contribution in [0.25, 0.3) is 0 Å². The van der Waals surface area contributed by atoms with Crippen molar-refractivity contribution in [1.29, 1.82) is 0 Å². The Kier molecular flexibility index (Phi) is 4.58. The van der Waals surface area contributed by atoms with Crippen molar-refractivity contribution >= 4 is 17.3 Å². The third-order valence-corrected chi connectivity index (χ3v) is 3.24. The molecule has 0 saturated heterocycles. The van der Waals surface area contributed by atoms with Crippen LogP contribution in [0, 0.1) is 19.7 Å². The Balaban J connectivity index is 2.30. The maximum absolute atomic E-state index is 13.8. The minimum absolute atomic E-state index is 0.238. The van der Waals surface area contributed by atoms with E-state index < -0.39 is 5.82 Å². The average molecular weight is 286 g/mol. The first-order chi connectivity index (χ1) is 10.0. The minimum Gasteiger partial charge on any atom is -0.382 e. The van der Waals surface area contributed by atoms with E-state index >= 15 is 0 Å². The fraction of sp³-hybridized carbons (Fsp3) is 0.235. The van der Waals surface area contributed by atoms with Crippen LogP contribution in [0.2, 0.25) is 0 Å². The van der Waals surface area contributed by atoms with E-state index in [2.05, 4.69) is 10.6 Å². The summed E-state index contributed by atoms with van der Waals surface area (Å²) in [6.07, 6.45) is 0. The number of carbonyl (C=O) groups is 1. The zero-order valence-corrected chi connectivity index (χ0v) is 12.5. The standard InChI is InChI=1S/C17H19FN2O/c1-4-19-16-13(6-5-7-14(16)18)17(21)20-15-9-8-11(2)10-12(15)3/h5-10,19H,4H2,1-3H3,(H,20,21). The number of aryl methyl sites for hydroxylation is 2. The Morgan fingerprint density at radius 2 is 1.95 bits per heavy atom. The first-order valence-corrected chi connectivity index (χ1v) is 6.94. The van der Waals surface area contributed by atoms with Gasteiger partial charge in [-0.1, -0.05) is 23.8 Å². The van der Waals surface area contributed by atoms with Gasteiger partial charge in [-0.15, -0.1) is 0 Å². The second-order valence-electron chi connectivity index (χ2n) is 4.97. The van der Waals surface area contributed by atoms with Crippen LogP contribution in [0.1, 0.15) is 28.4 Å². The molecule has 1 amide bonds. The van der Waals surface area contributed by atoms with E-state index in [9.17, 15) is 9.18 Å². The maximum atomic E-state index is 13.8. The van der Waals surface area contributed by atoms with Gasteiger partial charge in [-0.05, 0) is 44.5 Å². The number of amides is 1. The molecule has 0 heterocycles. The number of halogens is 1. The average Bonchev–Trinajstić information content (AvgIpc) is 2.44. The van der Waals surface area contributed by atoms with Crippen LogP contribution in [0.3, 0.4) is 0 Å². The zero-order valence-electron chi connectivity index (χ0n) is 12.5. The Morgan fingerprint density at radius 3 is 2.62 bits per heavy atom. The summed E-state index contributed by atoms with van der Waals surface area (Å²) in [6.45, 7) is 6.33. The fourth-order valence-corrected chi connectivity index (χ4v) is 2.21. The van der Waals surface area contributed by atoms with Crippen molar-refractivity contribution in [3.05, 3.63) is 58.9 Å².